The molecule has 1 rings (SSSR count). The molecule has 1 atom stereocenters. The Morgan fingerprint density at radius 1 is 1.53 bits per heavy atom. The Bertz CT molecular complexity index is 261. The average Bonchev–Trinajstić information content (AvgIpc) is 2.99. The van der Waals surface area contributed by atoms with Crippen LogP contribution in [0.4, 0.5) is 0 Å². The molecule has 0 bridgehead atoms. The van der Waals surface area contributed by atoms with Gasteiger partial charge in [-0.25, -0.2) is 0 Å². The molecular weight excluding hydrogens is 218 g/mol. The van der Waals surface area contributed by atoms with E-state index in [2.05, 4.69) is 11.8 Å². The lowest BCUT2D eigenvalue weighted by Crippen LogP contribution is -2.42. The summed E-state index contributed by atoms with van der Waals surface area (Å²) in [4.78, 5) is 12.9. The fourth-order valence-electron chi connectivity index (χ4n) is 2.13. The van der Waals surface area contributed by atoms with Gasteiger partial charge in [0.15, 0.2) is 0 Å². The number of aliphatic carboxylic acids is 1. The summed E-state index contributed by atoms with van der Waals surface area (Å²) in [6.45, 7) is 7.22. The second-order valence-electron chi connectivity index (χ2n) is 5.78. The van der Waals surface area contributed by atoms with E-state index in [1.54, 1.807) is 7.11 Å². The molecule has 0 amide bonds. The van der Waals surface area contributed by atoms with Crippen molar-refractivity contribution < 1.29 is 14.6 Å². The maximum absolute atomic E-state index is 10.9. The Kier molecular flexibility index (Phi) is 4.95. The van der Waals surface area contributed by atoms with Crippen LogP contribution in [0.5, 0.6) is 0 Å². The topological polar surface area (TPSA) is 49.8 Å². The van der Waals surface area contributed by atoms with Gasteiger partial charge in [0.05, 0.1) is 12.1 Å². The quantitative estimate of drug-likeness (QED) is 0.708. The van der Waals surface area contributed by atoms with E-state index in [-0.39, 0.29) is 18.2 Å². The lowest BCUT2D eigenvalue weighted by Gasteiger charge is -2.33. The van der Waals surface area contributed by atoms with Crippen molar-refractivity contribution in [1.82, 2.24) is 4.90 Å². The minimum atomic E-state index is -0.743. The zero-order chi connectivity index (χ0) is 13.1. The minimum absolute atomic E-state index is 0.136. The Labute approximate surface area is 104 Å². The Morgan fingerprint density at radius 3 is 2.53 bits per heavy atom. The van der Waals surface area contributed by atoms with Crippen LogP contribution in [-0.4, -0.2) is 47.8 Å². The van der Waals surface area contributed by atoms with Crippen LogP contribution in [-0.2, 0) is 9.53 Å². The predicted octanol–water partition coefficient (Wildman–Crippen LogP) is 1.99. The van der Waals surface area contributed by atoms with E-state index >= 15 is 0 Å². The van der Waals surface area contributed by atoms with Gasteiger partial charge >= 0.3 is 5.97 Å². The second kappa shape index (κ2) is 5.83. The molecule has 0 aromatic heterocycles. The van der Waals surface area contributed by atoms with Crippen LogP contribution < -0.4 is 0 Å². The Hall–Kier alpha value is -0.610. The van der Waals surface area contributed by atoms with Gasteiger partial charge in [0.25, 0.3) is 0 Å². The van der Waals surface area contributed by atoms with Gasteiger partial charge in [0, 0.05) is 19.7 Å². The predicted molar refractivity (Wildman–Crippen MR) is 67.1 cm³/mol. The third kappa shape index (κ3) is 5.50. The van der Waals surface area contributed by atoms with Crippen LogP contribution in [0.1, 0.15) is 40.0 Å². The number of carboxylic acid groups (broad SMARTS) is 1. The van der Waals surface area contributed by atoms with Gasteiger partial charge < -0.3 is 9.84 Å². The molecule has 1 aliphatic carbocycles. The molecule has 4 nitrogen and oxygen atoms in total. The van der Waals surface area contributed by atoms with E-state index in [1.165, 1.54) is 12.8 Å². The highest BCUT2D eigenvalue weighted by Gasteiger charge is 2.30. The van der Waals surface area contributed by atoms with Crippen molar-refractivity contribution in [3.8, 4) is 0 Å². The number of hydrogen-bond donors (Lipinski definition) is 1. The summed E-state index contributed by atoms with van der Waals surface area (Å²) < 4.78 is 5.41. The first kappa shape index (κ1) is 14.5. The molecular formula is C13H25NO3. The van der Waals surface area contributed by atoms with Crippen molar-refractivity contribution in [3.63, 3.8) is 0 Å². The molecule has 1 unspecified atom stereocenters. The lowest BCUT2D eigenvalue weighted by molar-refractivity contribution is -0.139. The molecule has 0 heterocycles. The summed E-state index contributed by atoms with van der Waals surface area (Å²) in [6.07, 6.45) is 3.34. The number of methoxy groups -OCH3 is 1. The van der Waals surface area contributed by atoms with Crippen molar-refractivity contribution in [2.24, 2.45) is 5.92 Å². The maximum Gasteiger partial charge on any atom is 0.317 e. The third-order valence-electron chi connectivity index (χ3n) is 3.49. The third-order valence-corrected chi connectivity index (χ3v) is 3.49. The number of carboxylic acids is 1. The number of ether oxygens (including phenoxy) is 1. The van der Waals surface area contributed by atoms with E-state index < -0.39 is 5.97 Å². The van der Waals surface area contributed by atoms with E-state index in [9.17, 15) is 4.79 Å². The monoisotopic (exact) mass is 243 g/mol. The Balaban J connectivity index is 2.51. The van der Waals surface area contributed by atoms with E-state index in [0.29, 0.717) is 5.92 Å². The highest BCUT2D eigenvalue weighted by atomic mass is 16.5. The number of carbonyl (C=O) groups is 1. The second-order valence-corrected chi connectivity index (χ2v) is 5.78. The molecule has 0 aliphatic heterocycles. The maximum atomic E-state index is 10.9. The summed E-state index contributed by atoms with van der Waals surface area (Å²) in [5.74, 6) is -0.0322. The summed E-state index contributed by atoms with van der Waals surface area (Å²) >= 11 is 0. The summed E-state index contributed by atoms with van der Waals surface area (Å²) in [6, 6.07) is 0.238. The van der Waals surface area contributed by atoms with Crippen LogP contribution in [0.25, 0.3) is 0 Å². The fourth-order valence-corrected chi connectivity index (χ4v) is 2.13. The molecule has 1 saturated carbocycles. The van der Waals surface area contributed by atoms with Gasteiger partial charge in [-0.2, -0.15) is 0 Å². The molecule has 0 saturated heterocycles. The average molecular weight is 243 g/mol. The fraction of sp³-hybridized carbons (Fsp3) is 0.923. The highest BCUT2D eigenvalue weighted by Crippen LogP contribution is 2.31. The van der Waals surface area contributed by atoms with Gasteiger partial charge in [-0.3, -0.25) is 9.69 Å². The van der Waals surface area contributed by atoms with Crippen molar-refractivity contribution in [2.75, 3.05) is 20.2 Å². The van der Waals surface area contributed by atoms with Gasteiger partial charge in [0.1, 0.15) is 0 Å². The first-order valence-electron chi connectivity index (χ1n) is 6.35. The zero-order valence-electron chi connectivity index (χ0n) is 11.4. The minimum Gasteiger partial charge on any atom is -0.480 e. The number of nitrogens with zero attached hydrogens (tertiary/aromatic N) is 1. The molecule has 0 aromatic carbocycles. The van der Waals surface area contributed by atoms with E-state index in [0.717, 1.165) is 13.0 Å². The first-order valence-corrected chi connectivity index (χ1v) is 6.35. The highest BCUT2D eigenvalue weighted by molar-refractivity contribution is 5.69. The van der Waals surface area contributed by atoms with Crippen molar-refractivity contribution in [2.45, 2.75) is 51.7 Å². The van der Waals surface area contributed by atoms with Crippen LogP contribution in [0, 0.1) is 5.92 Å². The molecule has 0 radical (unpaired) electrons. The summed E-state index contributed by atoms with van der Waals surface area (Å²) in [5.41, 5.74) is -0.195. The number of rotatable bonds is 8. The van der Waals surface area contributed by atoms with Crippen molar-refractivity contribution >= 4 is 5.97 Å². The standard InChI is InChI=1S/C13H25NO3/c1-10(7-13(2,3)17-4)14(9-12(15)16)8-11-5-6-11/h10-11H,5-9H2,1-4H3,(H,15,16). The molecule has 4 heteroatoms. The van der Waals surface area contributed by atoms with Crippen molar-refractivity contribution in [1.29, 1.82) is 0 Å². The van der Waals surface area contributed by atoms with E-state index in [4.69, 9.17) is 9.84 Å². The molecule has 1 fully saturated rings. The Morgan fingerprint density at radius 2 is 2.12 bits per heavy atom. The van der Waals surface area contributed by atoms with Crippen LogP contribution in [0.15, 0.2) is 0 Å². The van der Waals surface area contributed by atoms with Gasteiger partial charge in [-0.05, 0) is 46.0 Å². The normalized spacial score (nSPS) is 18.4. The molecule has 1 aliphatic rings. The lowest BCUT2D eigenvalue weighted by atomic mass is 9.98. The smallest absolute Gasteiger partial charge is 0.317 e. The molecule has 0 aromatic rings. The van der Waals surface area contributed by atoms with Gasteiger partial charge in [-0.15, -0.1) is 0 Å². The molecule has 100 valence electrons. The molecule has 0 spiro atoms. The van der Waals surface area contributed by atoms with Gasteiger partial charge in [-0.1, -0.05) is 0 Å². The van der Waals surface area contributed by atoms with Crippen LogP contribution >= 0.6 is 0 Å². The molecule has 1 N–H and O–H groups in total. The molecule has 17 heavy (non-hydrogen) atoms. The van der Waals surface area contributed by atoms with Gasteiger partial charge in [0.2, 0.25) is 0 Å². The van der Waals surface area contributed by atoms with Crippen LogP contribution in [0.2, 0.25) is 0 Å². The van der Waals surface area contributed by atoms with E-state index in [1.807, 2.05) is 13.8 Å². The summed E-state index contributed by atoms with van der Waals surface area (Å²) in [5, 5.41) is 8.95. The van der Waals surface area contributed by atoms with Crippen LogP contribution in [0.3, 0.4) is 0 Å². The zero-order valence-corrected chi connectivity index (χ0v) is 11.4. The number of hydrogen-bond acceptors (Lipinski definition) is 3. The van der Waals surface area contributed by atoms with Crippen molar-refractivity contribution in [3.05, 3.63) is 0 Å². The summed E-state index contributed by atoms with van der Waals surface area (Å²) in [7, 11) is 1.70. The largest absolute Gasteiger partial charge is 0.480 e. The first-order chi connectivity index (χ1) is 7.84. The SMILES string of the molecule is COC(C)(C)CC(C)N(CC(=O)O)CC1CC1.